The van der Waals surface area contributed by atoms with Crippen molar-refractivity contribution >= 4 is 11.6 Å². The standard InChI is InChI=1S/C16H9ClN4.C2H6/c17-13-6-11(9-18)5-12(7-13)15-8-16(21-10-20-15)14-3-1-2-4-19-14;1-2/h1-8,10H;1-2H3. The van der Waals surface area contributed by atoms with Gasteiger partial charge in [0.2, 0.25) is 0 Å². The molecule has 5 heteroatoms. The van der Waals surface area contributed by atoms with Crippen molar-refractivity contribution in [2.45, 2.75) is 13.8 Å². The largest absolute Gasteiger partial charge is 0.255 e. The molecule has 4 nitrogen and oxygen atoms in total. The van der Waals surface area contributed by atoms with Crippen LogP contribution in [-0.2, 0) is 0 Å². The Balaban J connectivity index is 0.000000924. The molecule has 0 aliphatic rings. The van der Waals surface area contributed by atoms with Gasteiger partial charge in [-0.2, -0.15) is 5.26 Å². The van der Waals surface area contributed by atoms with Crippen molar-refractivity contribution in [2.75, 3.05) is 0 Å². The van der Waals surface area contributed by atoms with Gasteiger partial charge in [-0.25, -0.2) is 9.97 Å². The van der Waals surface area contributed by atoms with Crippen LogP contribution in [0.4, 0.5) is 0 Å². The van der Waals surface area contributed by atoms with E-state index < -0.39 is 0 Å². The Hall–Kier alpha value is -2.77. The Bertz CT molecular complexity index is 826. The maximum Gasteiger partial charge on any atom is 0.116 e. The Labute approximate surface area is 140 Å². The summed E-state index contributed by atoms with van der Waals surface area (Å²) in [6.07, 6.45) is 3.19. The number of nitriles is 1. The summed E-state index contributed by atoms with van der Waals surface area (Å²) in [7, 11) is 0. The zero-order valence-electron chi connectivity index (χ0n) is 12.9. The zero-order valence-corrected chi connectivity index (χ0v) is 13.6. The van der Waals surface area contributed by atoms with Crippen LogP contribution in [0.2, 0.25) is 5.02 Å². The molecule has 0 aliphatic heterocycles. The van der Waals surface area contributed by atoms with Crippen LogP contribution < -0.4 is 0 Å². The van der Waals surface area contributed by atoms with Gasteiger partial charge in [0.05, 0.1) is 28.7 Å². The zero-order chi connectivity index (χ0) is 16.7. The third-order valence-electron chi connectivity index (χ3n) is 2.92. The van der Waals surface area contributed by atoms with Gasteiger partial charge in [-0.1, -0.05) is 31.5 Å². The SMILES string of the molecule is CC.N#Cc1cc(Cl)cc(-c2cc(-c3ccccn3)ncn2)c1. The average molecular weight is 323 g/mol. The molecule has 114 valence electrons. The van der Waals surface area contributed by atoms with Gasteiger partial charge in [0.1, 0.15) is 6.33 Å². The van der Waals surface area contributed by atoms with E-state index in [9.17, 15) is 0 Å². The molecular weight excluding hydrogens is 308 g/mol. The van der Waals surface area contributed by atoms with E-state index in [2.05, 4.69) is 21.0 Å². The molecule has 2 heterocycles. The van der Waals surface area contributed by atoms with E-state index in [-0.39, 0.29) is 0 Å². The first kappa shape index (κ1) is 16.6. The highest BCUT2D eigenvalue weighted by Gasteiger charge is 2.07. The summed E-state index contributed by atoms with van der Waals surface area (Å²) in [4.78, 5) is 12.7. The number of hydrogen-bond acceptors (Lipinski definition) is 4. The molecule has 0 spiro atoms. The molecule has 0 N–H and O–H groups in total. The molecule has 3 aromatic rings. The van der Waals surface area contributed by atoms with Crippen LogP contribution >= 0.6 is 11.6 Å². The normalized spacial score (nSPS) is 9.48. The second-order valence-electron chi connectivity index (χ2n) is 4.34. The van der Waals surface area contributed by atoms with E-state index >= 15 is 0 Å². The van der Waals surface area contributed by atoms with Crippen LogP contribution in [0.3, 0.4) is 0 Å². The third kappa shape index (κ3) is 4.12. The highest BCUT2D eigenvalue weighted by molar-refractivity contribution is 6.31. The van der Waals surface area contributed by atoms with Crippen LogP contribution in [0.25, 0.3) is 22.6 Å². The van der Waals surface area contributed by atoms with Crippen molar-refractivity contribution in [3.63, 3.8) is 0 Å². The third-order valence-corrected chi connectivity index (χ3v) is 3.14. The Morgan fingerprint density at radius 2 is 1.70 bits per heavy atom. The van der Waals surface area contributed by atoms with Crippen molar-refractivity contribution < 1.29 is 0 Å². The number of hydrogen-bond donors (Lipinski definition) is 0. The van der Waals surface area contributed by atoms with Gasteiger partial charge in [0.25, 0.3) is 0 Å². The van der Waals surface area contributed by atoms with E-state index in [1.807, 2.05) is 38.1 Å². The first-order valence-corrected chi connectivity index (χ1v) is 7.58. The highest BCUT2D eigenvalue weighted by atomic mass is 35.5. The summed E-state index contributed by atoms with van der Waals surface area (Å²) in [5.74, 6) is 0. The fourth-order valence-electron chi connectivity index (χ4n) is 1.97. The lowest BCUT2D eigenvalue weighted by atomic mass is 10.1. The number of aromatic nitrogens is 3. The summed E-state index contributed by atoms with van der Waals surface area (Å²) < 4.78 is 0. The number of pyridine rings is 1. The molecule has 0 radical (unpaired) electrons. The van der Waals surface area contributed by atoms with Gasteiger partial charge in [-0.05, 0) is 36.4 Å². The lowest BCUT2D eigenvalue weighted by molar-refractivity contribution is 1.15. The first-order chi connectivity index (χ1) is 11.3. The molecule has 0 saturated heterocycles. The molecule has 1 aromatic carbocycles. The van der Waals surface area contributed by atoms with Crippen LogP contribution in [-0.4, -0.2) is 15.0 Å². The molecule has 0 fully saturated rings. The smallest absolute Gasteiger partial charge is 0.116 e. The van der Waals surface area contributed by atoms with Crippen LogP contribution in [0.1, 0.15) is 19.4 Å². The van der Waals surface area contributed by atoms with Gasteiger partial charge < -0.3 is 0 Å². The molecule has 23 heavy (non-hydrogen) atoms. The predicted molar refractivity (Wildman–Crippen MR) is 91.8 cm³/mol. The molecule has 2 aromatic heterocycles. The fraction of sp³-hybridized carbons (Fsp3) is 0.111. The summed E-state index contributed by atoms with van der Waals surface area (Å²) in [6, 6.07) is 14.7. The molecule has 0 bridgehead atoms. The van der Waals surface area contributed by atoms with E-state index in [1.54, 1.807) is 24.4 Å². The monoisotopic (exact) mass is 322 g/mol. The molecule has 0 unspecified atom stereocenters. The number of rotatable bonds is 2. The summed E-state index contributed by atoms with van der Waals surface area (Å²) >= 11 is 6.03. The maximum absolute atomic E-state index is 9.01. The Kier molecular flexibility index (Phi) is 5.79. The Morgan fingerprint density at radius 3 is 2.39 bits per heavy atom. The van der Waals surface area contributed by atoms with Crippen LogP contribution in [0.5, 0.6) is 0 Å². The van der Waals surface area contributed by atoms with Crippen LogP contribution in [0, 0.1) is 11.3 Å². The predicted octanol–water partition coefficient (Wildman–Crippen LogP) is 4.76. The van der Waals surface area contributed by atoms with Gasteiger partial charge in [0, 0.05) is 16.8 Å². The van der Waals surface area contributed by atoms with E-state index in [0.29, 0.717) is 16.3 Å². The summed E-state index contributed by atoms with van der Waals surface area (Å²) in [6.45, 7) is 4.00. The van der Waals surface area contributed by atoms with Crippen molar-refractivity contribution in [2.24, 2.45) is 0 Å². The van der Waals surface area contributed by atoms with Crippen molar-refractivity contribution in [3.8, 4) is 28.7 Å². The quantitative estimate of drug-likeness (QED) is 0.682. The van der Waals surface area contributed by atoms with Gasteiger partial charge in [0.15, 0.2) is 0 Å². The Morgan fingerprint density at radius 1 is 0.913 bits per heavy atom. The number of nitrogens with zero attached hydrogens (tertiary/aromatic N) is 4. The first-order valence-electron chi connectivity index (χ1n) is 7.21. The van der Waals surface area contributed by atoms with E-state index in [1.165, 1.54) is 6.33 Å². The minimum atomic E-state index is 0.496. The molecular formula is C18H15ClN4. The van der Waals surface area contributed by atoms with Crippen molar-refractivity contribution in [3.05, 3.63) is 65.6 Å². The second-order valence-corrected chi connectivity index (χ2v) is 4.78. The second kappa shape index (κ2) is 8.02. The lowest BCUT2D eigenvalue weighted by Crippen LogP contribution is -1.91. The minimum absolute atomic E-state index is 0.496. The summed E-state index contributed by atoms with van der Waals surface area (Å²) in [5.41, 5.74) is 3.46. The summed E-state index contributed by atoms with van der Waals surface area (Å²) in [5, 5.41) is 9.52. The maximum atomic E-state index is 9.01. The molecule has 0 atom stereocenters. The lowest BCUT2D eigenvalue weighted by Gasteiger charge is -2.05. The fourth-order valence-corrected chi connectivity index (χ4v) is 2.21. The molecule has 3 rings (SSSR count). The van der Waals surface area contributed by atoms with Crippen molar-refractivity contribution in [1.82, 2.24) is 15.0 Å². The number of benzene rings is 1. The van der Waals surface area contributed by atoms with Crippen molar-refractivity contribution in [1.29, 1.82) is 5.26 Å². The average Bonchev–Trinajstić information content (AvgIpc) is 2.63. The number of halogens is 1. The minimum Gasteiger partial charge on any atom is -0.255 e. The highest BCUT2D eigenvalue weighted by Crippen LogP contribution is 2.25. The van der Waals surface area contributed by atoms with Gasteiger partial charge in [-0.3, -0.25) is 4.98 Å². The van der Waals surface area contributed by atoms with Crippen LogP contribution in [0.15, 0.2) is 55.0 Å². The molecule has 0 saturated carbocycles. The van der Waals surface area contributed by atoms with Gasteiger partial charge >= 0.3 is 0 Å². The van der Waals surface area contributed by atoms with E-state index in [4.69, 9.17) is 16.9 Å². The molecule has 0 amide bonds. The van der Waals surface area contributed by atoms with E-state index in [0.717, 1.165) is 17.0 Å². The topological polar surface area (TPSA) is 62.5 Å². The molecule has 0 aliphatic carbocycles. The van der Waals surface area contributed by atoms with Gasteiger partial charge in [-0.15, -0.1) is 0 Å².